The third kappa shape index (κ3) is 3.21. The van der Waals surface area contributed by atoms with Crippen molar-refractivity contribution in [3.8, 4) is 0 Å². The maximum absolute atomic E-state index is 5.80. The van der Waals surface area contributed by atoms with Gasteiger partial charge in [-0.2, -0.15) is 0 Å². The molecule has 86 valence electrons. The van der Waals surface area contributed by atoms with Gasteiger partial charge in [-0.15, -0.1) is 0 Å². The maximum Gasteiger partial charge on any atom is 0.0717 e. The van der Waals surface area contributed by atoms with Crippen molar-refractivity contribution in [3.63, 3.8) is 0 Å². The molecular formula is C15H20O. The Bertz CT molecular complexity index is 329. The third-order valence-electron chi connectivity index (χ3n) is 3.33. The summed E-state index contributed by atoms with van der Waals surface area (Å²) >= 11 is 0. The molecule has 1 aromatic rings. The Hall–Kier alpha value is -1.08. The van der Waals surface area contributed by atoms with Crippen LogP contribution in [-0.2, 0) is 11.3 Å². The van der Waals surface area contributed by atoms with Crippen LogP contribution in [0.2, 0.25) is 0 Å². The SMILES string of the molecule is C[C@H]1C=CCC[C@H]1COCc1ccccc1. The van der Waals surface area contributed by atoms with Crippen molar-refractivity contribution in [3.05, 3.63) is 48.0 Å². The van der Waals surface area contributed by atoms with Crippen LogP contribution in [0.3, 0.4) is 0 Å². The molecule has 2 atom stereocenters. The third-order valence-corrected chi connectivity index (χ3v) is 3.33. The number of rotatable bonds is 4. The summed E-state index contributed by atoms with van der Waals surface area (Å²) in [5, 5.41) is 0. The molecule has 0 aromatic heterocycles. The van der Waals surface area contributed by atoms with E-state index < -0.39 is 0 Å². The summed E-state index contributed by atoms with van der Waals surface area (Å²) in [4.78, 5) is 0. The molecule has 16 heavy (non-hydrogen) atoms. The average molecular weight is 216 g/mol. The molecule has 0 radical (unpaired) electrons. The van der Waals surface area contributed by atoms with Gasteiger partial charge in [0.25, 0.3) is 0 Å². The van der Waals surface area contributed by atoms with Gasteiger partial charge in [0.15, 0.2) is 0 Å². The number of allylic oxidation sites excluding steroid dienone is 2. The Kier molecular flexibility index (Phi) is 4.17. The Balaban J connectivity index is 1.74. The van der Waals surface area contributed by atoms with Crippen LogP contribution in [0.25, 0.3) is 0 Å². The van der Waals surface area contributed by atoms with E-state index in [-0.39, 0.29) is 0 Å². The lowest BCUT2D eigenvalue weighted by atomic mass is 9.86. The lowest BCUT2D eigenvalue weighted by molar-refractivity contribution is 0.0709. The molecule has 0 unspecified atom stereocenters. The van der Waals surface area contributed by atoms with Gasteiger partial charge >= 0.3 is 0 Å². The number of hydrogen-bond acceptors (Lipinski definition) is 1. The predicted molar refractivity (Wildman–Crippen MR) is 67.1 cm³/mol. The second-order valence-corrected chi connectivity index (χ2v) is 4.63. The van der Waals surface area contributed by atoms with Crippen LogP contribution in [0.5, 0.6) is 0 Å². The predicted octanol–water partition coefficient (Wildman–Crippen LogP) is 3.81. The highest BCUT2D eigenvalue weighted by atomic mass is 16.5. The summed E-state index contributed by atoms with van der Waals surface area (Å²) < 4.78 is 5.80. The monoisotopic (exact) mass is 216 g/mol. The molecule has 0 N–H and O–H groups in total. The van der Waals surface area contributed by atoms with Gasteiger partial charge in [0.05, 0.1) is 13.2 Å². The average Bonchev–Trinajstić information content (AvgIpc) is 2.33. The summed E-state index contributed by atoms with van der Waals surface area (Å²) in [6.45, 7) is 3.92. The first-order chi connectivity index (χ1) is 7.86. The summed E-state index contributed by atoms with van der Waals surface area (Å²) in [6, 6.07) is 10.4. The lowest BCUT2D eigenvalue weighted by Gasteiger charge is -2.24. The Morgan fingerprint density at radius 2 is 2.06 bits per heavy atom. The highest BCUT2D eigenvalue weighted by Crippen LogP contribution is 2.24. The van der Waals surface area contributed by atoms with E-state index in [1.807, 2.05) is 6.07 Å². The molecule has 0 bridgehead atoms. The molecular weight excluding hydrogens is 196 g/mol. The van der Waals surface area contributed by atoms with Crippen LogP contribution in [0.15, 0.2) is 42.5 Å². The summed E-state index contributed by atoms with van der Waals surface area (Å²) in [6.07, 6.45) is 7.09. The van der Waals surface area contributed by atoms with Gasteiger partial charge in [-0.3, -0.25) is 0 Å². The van der Waals surface area contributed by atoms with Crippen molar-refractivity contribution in [1.29, 1.82) is 0 Å². The zero-order valence-electron chi connectivity index (χ0n) is 9.93. The quantitative estimate of drug-likeness (QED) is 0.695. The molecule has 1 nitrogen and oxygen atoms in total. The number of ether oxygens (including phenoxy) is 1. The van der Waals surface area contributed by atoms with Crippen LogP contribution < -0.4 is 0 Å². The lowest BCUT2D eigenvalue weighted by Crippen LogP contribution is -2.18. The minimum atomic E-state index is 0.671. The van der Waals surface area contributed by atoms with Gasteiger partial charge in [-0.05, 0) is 30.2 Å². The Labute approximate surface area is 98.1 Å². The van der Waals surface area contributed by atoms with Crippen LogP contribution in [0.4, 0.5) is 0 Å². The van der Waals surface area contributed by atoms with Crippen molar-refractivity contribution in [2.45, 2.75) is 26.4 Å². The Morgan fingerprint density at radius 1 is 1.25 bits per heavy atom. The van der Waals surface area contributed by atoms with E-state index in [1.165, 1.54) is 18.4 Å². The van der Waals surface area contributed by atoms with Crippen LogP contribution in [-0.4, -0.2) is 6.61 Å². The summed E-state index contributed by atoms with van der Waals surface area (Å²) in [5.41, 5.74) is 1.27. The first kappa shape index (κ1) is 11.4. The van der Waals surface area contributed by atoms with Crippen molar-refractivity contribution in [1.82, 2.24) is 0 Å². The first-order valence-electron chi connectivity index (χ1n) is 6.14. The van der Waals surface area contributed by atoms with E-state index >= 15 is 0 Å². The van der Waals surface area contributed by atoms with Gasteiger partial charge in [0.2, 0.25) is 0 Å². The van der Waals surface area contributed by atoms with Crippen molar-refractivity contribution < 1.29 is 4.74 Å². The van der Waals surface area contributed by atoms with Crippen LogP contribution in [0.1, 0.15) is 25.3 Å². The second kappa shape index (κ2) is 5.86. The van der Waals surface area contributed by atoms with Gasteiger partial charge < -0.3 is 4.74 Å². The minimum Gasteiger partial charge on any atom is -0.376 e. The van der Waals surface area contributed by atoms with E-state index in [2.05, 4.69) is 43.3 Å². The molecule has 1 aliphatic rings. The van der Waals surface area contributed by atoms with Gasteiger partial charge in [0, 0.05) is 0 Å². The molecule has 0 amide bonds. The van der Waals surface area contributed by atoms with Crippen molar-refractivity contribution in [2.24, 2.45) is 11.8 Å². The number of benzene rings is 1. The van der Waals surface area contributed by atoms with Crippen molar-refractivity contribution >= 4 is 0 Å². The topological polar surface area (TPSA) is 9.23 Å². The summed E-state index contributed by atoms with van der Waals surface area (Å²) in [5.74, 6) is 1.37. The maximum atomic E-state index is 5.80. The standard InChI is InChI=1S/C15H20O/c1-13-7-5-6-10-15(13)12-16-11-14-8-3-2-4-9-14/h2-5,7-9,13,15H,6,10-12H2,1H3/t13-,15-/m0/s1. The molecule has 0 heterocycles. The molecule has 1 heteroatoms. The molecule has 0 saturated carbocycles. The first-order valence-corrected chi connectivity index (χ1v) is 6.14. The highest BCUT2D eigenvalue weighted by molar-refractivity contribution is 5.13. The second-order valence-electron chi connectivity index (χ2n) is 4.63. The van der Waals surface area contributed by atoms with Crippen molar-refractivity contribution in [2.75, 3.05) is 6.61 Å². The largest absolute Gasteiger partial charge is 0.376 e. The molecule has 0 fully saturated rings. The molecule has 0 aliphatic heterocycles. The fourth-order valence-corrected chi connectivity index (χ4v) is 2.18. The van der Waals surface area contributed by atoms with Crippen LogP contribution >= 0.6 is 0 Å². The molecule has 0 saturated heterocycles. The minimum absolute atomic E-state index is 0.671. The molecule has 1 aromatic carbocycles. The zero-order chi connectivity index (χ0) is 11.2. The molecule has 1 aliphatic carbocycles. The fraction of sp³-hybridized carbons (Fsp3) is 0.467. The van der Waals surface area contributed by atoms with E-state index in [4.69, 9.17) is 4.74 Å². The van der Waals surface area contributed by atoms with Crippen LogP contribution in [0, 0.1) is 11.8 Å². The Morgan fingerprint density at radius 3 is 2.81 bits per heavy atom. The van der Waals surface area contributed by atoms with E-state index in [9.17, 15) is 0 Å². The van der Waals surface area contributed by atoms with E-state index in [0.29, 0.717) is 11.8 Å². The highest BCUT2D eigenvalue weighted by Gasteiger charge is 2.17. The van der Waals surface area contributed by atoms with E-state index in [1.54, 1.807) is 0 Å². The molecule has 0 spiro atoms. The normalized spacial score (nSPS) is 24.6. The fourth-order valence-electron chi connectivity index (χ4n) is 2.18. The summed E-state index contributed by atoms with van der Waals surface area (Å²) in [7, 11) is 0. The van der Waals surface area contributed by atoms with Gasteiger partial charge in [-0.25, -0.2) is 0 Å². The van der Waals surface area contributed by atoms with Gasteiger partial charge in [-0.1, -0.05) is 49.4 Å². The zero-order valence-corrected chi connectivity index (χ0v) is 9.93. The van der Waals surface area contributed by atoms with E-state index in [0.717, 1.165) is 13.2 Å². The van der Waals surface area contributed by atoms with Gasteiger partial charge in [0.1, 0.15) is 0 Å². The number of hydrogen-bond donors (Lipinski definition) is 0. The smallest absolute Gasteiger partial charge is 0.0717 e. The molecule has 2 rings (SSSR count).